The van der Waals surface area contributed by atoms with E-state index >= 15 is 0 Å². The normalized spacial score (nSPS) is 12.7. The monoisotopic (exact) mass is 334 g/mol. The maximum Gasteiger partial charge on any atom is 0.255 e. The van der Waals surface area contributed by atoms with Gasteiger partial charge >= 0.3 is 0 Å². The number of halogens is 2. The van der Waals surface area contributed by atoms with E-state index in [2.05, 4.69) is 26.6 Å². The van der Waals surface area contributed by atoms with Crippen LogP contribution in [0.2, 0.25) is 0 Å². The molecule has 0 aromatic heterocycles. The molecule has 0 saturated carbocycles. The fraction of sp³-hybridized carbons (Fsp3) is 0.133. The van der Waals surface area contributed by atoms with Gasteiger partial charge in [0.15, 0.2) is 0 Å². The second-order valence-electron chi connectivity index (χ2n) is 4.63. The van der Waals surface area contributed by atoms with Crippen molar-refractivity contribution in [2.24, 2.45) is 0 Å². The van der Waals surface area contributed by atoms with Crippen LogP contribution in [0.25, 0.3) is 0 Å². The first-order chi connectivity index (χ1) is 9.63. The quantitative estimate of drug-likeness (QED) is 0.876. The van der Waals surface area contributed by atoms with Crippen LogP contribution in [0.1, 0.15) is 15.9 Å². The standard InChI is InChI=1S/C15H12BrFN2O/c16-12-8-11(17)2-4-14(12)19-15(20)10-1-3-13-9(7-10)5-6-18-13/h1-4,7-8,18H,5-6H2,(H,19,20). The lowest BCUT2D eigenvalue weighted by Gasteiger charge is -2.08. The number of amides is 1. The van der Waals surface area contributed by atoms with Crippen molar-refractivity contribution in [1.82, 2.24) is 0 Å². The summed E-state index contributed by atoms with van der Waals surface area (Å²) in [4.78, 5) is 12.2. The Balaban J connectivity index is 1.82. The molecule has 1 aliphatic rings. The maximum absolute atomic E-state index is 13.0. The molecule has 3 nitrogen and oxygen atoms in total. The molecule has 1 aliphatic heterocycles. The molecule has 20 heavy (non-hydrogen) atoms. The Bertz CT molecular complexity index is 688. The van der Waals surface area contributed by atoms with Gasteiger partial charge in [0.25, 0.3) is 5.91 Å². The minimum atomic E-state index is -0.349. The van der Waals surface area contributed by atoms with E-state index in [0.717, 1.165) is 24.2 Å². The summed E-state index contributed by atoms with van der Waals surface area (Å²) in [5, 5.41) is 6.02. The fourth-order valence-corrected chi connectivity index (χ4v) is 2.68. The summed E-state index contributed by atoms with van der Waals surface area (Å²) >= 11 is 3.23. The number of carbonyl (C=O) groups is 1. The highest BCUT2D eigenvalue weighted by atomic mass is 79.9. The van der Waals surface area contributed by atoms with E-state index in [1.807, 2.05) is 12.1 Å². The summed E-state index contributed by atoms with van der Waals surface area (Å²) in [6.45, 7) is 0.907. The highest BCUT2D eigenvalue weighted by molar-refractivity contribution is 9.10. The molecule has 102 valence electrons. The Morgan fingerprint density at radius 1 is 1.25 bits per heavy atom. The number of benzene rings is 2. The first-order valence-electron chi connectivity index (χ1n) is 6.27. The third-order valence-corrected chi connectivity index (χ3v) is 3.91. The lowest BCUT2D eigenvalue weighted by Crippen LogP contribution is -2.12. The van der Waals surface area contributed by atoms with Crippen LogP contribution in [0, 0.1) is 5.82 Å². The lowest BCUT2D eigenvalue weighted by atomic mass is 10.1. The smallest absolute Gasteiger partial charge is 0.255 e. The van der Waals surface area contributed by atoms with Gasteiger partial charge in [-0.25, -0.2) is 4.39 Å². The number of fused-ring (bicyclic) bond motifs is 1. The molecular formula is C15H12BrFN2O. The van der Waals surface area contributed by atoms with E-state index in [-0.39, 0.29) is 11.7 Å². The molecule has 2 N–H and O–H groups in total. The second kappa shape index (κ2) is 5.25. The van der Waals surface area contributed by atoms with Gasteiger partial charge in [-0.1, -0.05) is 0 Å². The van der Waals surface area contributed by atoms with Crippen LogP contribution in [-0.4, -0.2) is 12.5 Å². The third kappa shape index (κ3) is 2.54. The van der Waals surface area contributed by atoms with Crippen molar-refractivity contribution in [1.29, 1.82) is 0 Å². The largest absolute Gasteiger partial charge is 0.384 e. The molecular weight excluding hydrogens is 323 g/mol. The molecule has 0 saturated heterocycles. The van der Waals surface area contributed by atoms with Crippen LogP contribution >= 0.6 is 15.9 Å². The van der Waals surface area contributed by atoms with E-state index in [0.29, 0.717) is 15.7 Å². The van der Waals surface area contributed by atoms with E-state index in [4.69, 9.17) is 0 Å². The summed E-state index contributed by atoms with van der Waals surface area (Å²) in [6.07, 6.45) is 0.927. The number of hydrogen-bond donors (Lipinski definition) is 2. The minimum Gasteiger partial charge on any atom is -0.384 e. The van der Waals surface area contributed by atoms with Crippen LogP contribution in [-0.2, 0) is 6.42 Å². The highest BCUT2D eigenvalue weighted by Crippen LogP contribution is 2.26. The van der Waals surface area contributed by atoms with Crippen molar-refractivity contribution < 1.29 is 9.18 Å². The van der Waals surface area contributed by atoms with Gasteiger partial charge in [0.1, 0.15) is 5.82 Å². The Morgan fingerprint density at radius 2 is 2.10 bits per heavy atom. The van der Waals surface area contributed by atoms with Gasteiger partial charge in [-0.2, -0.15) is 0 Å². The second-order valence-corrected chi connectivity index (χ2v) is 5.48. The molecule has 0 radical (unpaired) electrons. The van der Waals surface area contributed by atoms with Crippen LogP contribution in [0.5, 0.6) is 0 Å². The minimum absolute atomic E-state index is 0.202. The SMILES string of the molecule is O=C(Nc1ccc(F)cc1Br)c1ccc2c(c1)CCN2. The molecule has 2 aromatic rings. The van der Waals surface area contributed by atoms with E-state index < -0.39 is 0 Å². The maximum atomic E-state index is 13.0. The average molecular weight is 335 g/mol. The molecule has 1 amide bonds. The van der Waals surface area contributed by atoms with Gasteiger partial charge in [-0.05, 0) is 64.3 Å². The molecule has 0 spiro atoms. The van der Waals surface area contributed by atoms with Crippen molar-refractivity contribution in [2.75, 3.05) is 17.2 Å². The number of carbonyl (C=O) groups excluding carboxylic acids is 1. The van der Waals surface area contributed by atoms with E-state index in [1.165, 1.54) is 18.2 Å². The summed E-state index contributed by atoms with van der Waals surface area (Å²) in [7, 11) is 0. The Morgan fingerprint density at radius 3 is 2.90 bits per heavy atom. The molecule has 0 fully saturated rings. The molecule has 2 aromatic carbocycles. The van der Waals surface area contributed by atoms with Crippen molar-refractivity contribution in [3.63, 3.8) is 0 Å². The highest BCUT2D eigenvalue weighted by Gasteiger charge is 2.14. The lowest BCUT2D eigenvalue weighted by molar-refractivity contribution is 0.102. The number of hydrogen-bond acceptors (Lipinski definition) is 2. The topological polar surface area (TPSA) is 41.1 Å². The van der Waals surface area contributed by atoms with Crippen LogP contribution in [0.4, 0.5) is 15.8 Å². The Hall–Kier alpha value is -1.88. The van der Waals surface area contributed by atoms with Gasteiger partial charge in [0.2, 0.25) is 0 Å². The zero-order chi connectivity index (χ0) is 14.1. The van der Waals surface area contributed by atoms with Gasteiger partial charge < -0.3 is 10.6 Å². The Kier molecular flexibility index (Phi) is 3.44. The predicted octanol–water partition coefficient (Wildman–Crippen LogP) is 3.81. The van der Waals surface area contributed by atoms with Crippen LogP contribution < -0.4 is 10.6 Å². The number of anilines is 2. The van der Waals surface area contributed by atoms with Crippen LogP contribution in [0.3, 0.4) is 0 Å². The van der Waals surface area contributed by atoms with Crippen molar-refractivity contribution in [3.05, 3.63) is 57.8 Å². The van der Waals surface area contributed by atoms with Crippen molar-refractivity contribution >= 4 is 33.2 Å². The fourth-order valence-electron chi connectivity index (χ4n) is 2.23. The molecule has 0 aliphatic carbocycles. The predicted molar refractivity (Wildman–Crippen MR) is 80.7 cm³/mol. The third-order valence-electron chi connectivity index (χ3n) is 3.26. The first kappa shape index (κ1) is 13.1. The molecule has 3 rings (SSSR count). The van der Waals surface area contributed by atoms with Crippen LogP contribution in [0.15, 0.2) is 40.9 Å². The summed E-state index contributed by atoms with van der Waals surface area (Å²) in [5.74, 6) is -0.550. The average Bonchev–Trinajstić information content (AvgIpc) is 2.89. The summed E-state index contributed by atoms with van der Waals surface area (Å²) < 4.78 is 13.5. The van der Waals surface area contributed by atoms with E-state index in [9.17, 15) is 9.18 Å². The summed E-state index contributed by atoms with van der Waals surface area (Å²) in [5.41, 5.74) is 3.39. The molecule has 0 unspecified atom stereocenters. The Labute approximate surface area is 124 Å². The van der Waals surface area contributed by atoms with Gasteiger partial charge in [0.05, 0.1) is 5.69 Å². The molecule has 0 bridgehead atoms. The first-order valence-corrected chi connectivity index (χ1v) is 7.06. The number of rotatable bonds is 2. The van der Waals surface area contributed by atoms with Gasteiger partial charge in [-0.15, -0.1) is 0 Å². The molecule has 5 heteroatoms. The van der Waals surface area contributed by atoms with Crippen molar-refractivity contribution in [3.8, 4) is 0 Å². The van der Waals surface area contributed by atoms with Gasteiger partial charge in [0, 0.05) is 22.3 Å². The summed E-state index contributed by atoms with van der Waals surface area (Å²) in [6, 6.07) is 9.75. The number of nitrogens with one attached hydrogen (secondary N) is 2. The van der Waals surface area contributed by atoms with Crippen molar-refractivity contribution in [2.45, 2.75) is 6.42 Å². The zero-order valence-electron chi connectivity index (χ0n) is 10.5. The van der Waals surface area contributed by atoms with E-state index in [1.54, 1.807) is 6.07 Å². The van der Waals surface area contributed by atoms with Gasteiger partial charge in [-0.3, -0.25) is 4.79 Å². The molecule has 1 heterocycles. The molecule has 0 atom stereocenters. The zero-order valence-corrected chi connectivity index (χ0v) is 12.1.